The lowest BCUT2D eigenvalue weighted by molar-refractivity contribution is -0.138. The summed E-state index contributed by atoms with van der Waals surface area (Å²) in [5.74, 6) is -6.38. The van der Waals surface area contributed by atoms with Crippen LogP contribution in [0.15, 0.2) is 29.1 Å². The van der Waals surface area contributed by atoms with Crippen LogP contribution in [0.4, 0.5) is 13.2 Å². The zero-order chi connectivity index (χ0) is 24.4. The quantitative estimate of drug-likeness (QED) is 0.436. The first kappa shape index (κ1) is 24.2. The maximum Gasteiger partial charge on any atom is 0.416 e. The van der Waals surface area contributed by atoms with Gasteiger partial charge in [0.15, 0.2) is 5.75 Å². The minimum Gasteiger partial charge on any atom is -0.506 e. The second-order valence-electron chi connectivity index (χ2n) is 6.81. The molecule has 2 rings (SSSR count). The van der Waals surface area contributed by atoms with E-state index >= 15 is 0 Å². The number of hydrogen-bond donors (Lipinski definition) is 5. The van der Waals surface area contributed by atoms with Gasteiger partial charge in [-0.15, -0.1) is 0 Å². The van der Waals surface area contributed by atoms with Gasteiger partial charge in [0, 0.05) is 6.04 Å². The van der Waals surface area contributed by atoms with Crippen LogP contribution in [0.3, 0.4) is 0 Å². The number of alkyl halides is 3. The number of carboxylic acid groups (broad SMARTS) is 1. The van der Waals surface area contributed by atoms with E-state index in [-0.39, 0.29) is 5.69 Å². The Morgan fingerprint density at radius 3 is 2.06 bits per heavy atom. The van der Waals surface area contributed by atoms with E-state index in [4.69, 9.17) is 5.11 Å². The first-order chi connectivity index (χ1) is 14.8. The Bertz CT molecular complexity index is 1120. The van der Waals surface area contributed by atoms with E-state index in [0.29, 0.717) is 16.7 Å². The van der Waals surface area contributed by atoms with Crippen molar-refractivity contribution in [3.63, 3.8) is 0 Å². The van der Waals surface area contributed by atoms with Crippen LogP contribution >= 0.6 is 0 Å². The monoisotopic (exact) mass is 457 g/mol. The van der Waals surface area contributed by atoms with Crippen molar-refractivity contribution in [2.45, 2.75) is 26.1 Å². The number of carbonyl (C=O) groups is 3. The predicted molar refractivity (Wildman–Crippen MR) is 103 cm³/mol. The van der Waals surface area contributed by atoms with Gasteiger partial charge in [-0.1, -0.05) is 0 Å². The van der Waals surface area contributed by atoms with Crippen LogP contribution in [-0.4, -0.2) is 50.3 Å². The van der Waals surface area contributed by atoms with Gasteiger partial charge in [0.25, 0.3) is 17.4 Å². The van der Waals surface area contributed by atoms with Gasteiger partial charge in [0.1, 0.15) is 17.7 Å². The molecular weight excluding hydrogens is 439 g/mol. The zero-order valence-corrected chi connectivity index (χ0v) is 16.6. The molecule has 0 bridgehead atoms. The van der Waals surface area contributed by atoms with Gasteiger partial charge in [-0.2, -0.15) is 13.2 Å². The summed E-state index contributed by atoms with van der Waals surface area (Å²) in [7, 11) is 0. The fraction of sp³-hybridized carbons (Fsp3) is 0.263. The van der Waals surface area contributed by atoms with Gasteiger partial charge in [-0.25, -0.2) is 4.57 Å². The summed E-state index contributed by atoms with van der Waals surface area (Å²) >= 11 is 0. The summed E-state index contributed by atoms with van der Waals surface area (Å²) in [6.45, 7) is 2.14. The number of nitrogens with one attached hydrogen (secondary N) is 2. The molecule has 2 amide bonds. The van der Waals surface area contributed by atoms with Crippen molar-refractivity contribution in [3.05, 3.63) is 51.3 Å². The van der Waals surface area contributed by atoms with E-state index in [2.05, 4.69) is 5.32 Å². The van der Waals surface area contributed by atoms with E-state index in [1.165, 1.54) is 13.8 Å². The third kappa shape index (κ3) is 4.99. The molecule has 0 aliphatic rings. The van der Waals surface area contributed by atoms with Crippen LogP contribution in [-0.2, 0) is 11.0 Å². The van der Waals surface area contributed by atoms with E-state index in [9.17, 15) is 42.6 Å². The Labute approximate surface area is 177 Å². The molecule has 1 heterocycles. The van der Waals surface area contributed by atoms with E-state index in [1.807, 2.05) is 5.32 Å². The normalized spacial score (nSPS) is 11.3. The average Bonchev–Trinajstić information content (AvgIpc) is 2.65. The number of aromatic nitrogens is 1. The number of carbonyl (C=O) groups excluding carboxylic acids is 2. The summed E-state index contributed by atoms with van der Waals surface area (Å²) in [6, 6.07) is 2.31. The average molecular weight is 457 g/mol. The number of halogens is 3. The third-order valence-electron chi connectivity index (χ3n) is 4.05. The standard InChI is InChI=1S/C19H18F3N3O7/c1-8(2)24-16(30)13-14(28)12(15(29)23-7-11(26)27)17(31)25(18(13)32)10-5-3-9(4-6-10)19(20,21)22/h3-6,8,28,31H,7H2,1-2H3,(H,23,29)(H,24,30)(H,26,27). The predicted octanol–water partition coefficient (Wildman–Crippen LogP) is 1.22. The molecule has 0 spiro atoms. The number of benzene rings is 1. The van der Waals surface area contributed by atoms with Gasteiger partial charge in [0.05, 0.1) is 11.3 Å². The molecule has 5 N–H and O–H groups in total. The molecule has 1 aromatic carbocycles. The van der Waals surface area contributed by atoms with Crippen LogP contribution in [0.5, 0.6) is 11.6 Å². The summed E-state index contributed by atoms with van der Waals surface area (Å²) in [5, 5.41) is 33.8. The maximum atomic E-state index is 12.9. The van der Waals surface area contributed by atoms with E-state index in [0.717, 1.165) is 12.1 Å². The third-order valence-corrected chi connectivity index (χ3v) is 4.05. The summed E-state index contributed by atoms with van der Waals surface area (Å²) in [5.41, 5.74) is -4.74. The molecule has 0 aliphatic carbocycles. The highest BCUT2D eigenvalue weighted by atomic mass is 19.4. The number of nitrogens with zero attached hydrogens (tertiary/aromatic N) is 1. The second-order valence-corrected chi connectivity index (χ2v) is 6.81. The van der Waals surface area contributed by atoms with Crippen LogP contribution in [0.1, 0.15) is 40.1 Å². The number of aliphatic carboxylic acids is 1. The minimum absolute atomic E-state index is 0.352. The first-order valence-corrected chi connectivity index (χ1v) is 8.95. The smallest absolute Gasteiger partial charge is 0.416 e. The van der Waals surface area contributed by atoms with E-state index < -0.39 is 70.4 Å². The highest BCUT2D eigenvalue weighted by Crippen LogP contribution is 2.32. The van der Waals surface area contributed by atoms with Crippen molar-refractivity contribution in [1.82, 2.24) is 15.2 Å². The molecule has 0 saturated heterocycles. The Morgan fingerprint density at radius 2 is 1.59 bits per heavy atom. The summed E-state index contributed by atoms with van der Waals surface area (Å²) in [6.07, 6.45) is -4.69. The fourth-order valence-corrected chi connectivity index (χ4v) is 2.68. The molecule has 0 atom stereocenters. The summed E-state index contributed by atoms with van der Waals surface area (Å²) in [4.78, 5) is 48.5. The Balaban J connectivity index is 2.79. The van der Waals surface area contributed by atoms with Crippen molar-refractivity contribution in [3.8, 4) is 17.3 Å². The molecule has 0 saturated carbocycles. The number of aromatic hydroxyl groups is 2. The molecule has 2 aromatic rings. The molecule has 0 aliphatic heterocycles. The zero-order valence-electron chi connectivity index (χ0n) is 16.6. The van der Waals surface area contributed by atoms with Crippen LogP contribution in [0, 0.1) is 0 Å². The number of carboxylic acids is 1. The number of rotatable bonds is 6. The Morgan fingerprint density at radius 1 is 1.03 bits per heavy atom. The van der Waals surface area contributed by atoms with Gasteiger partial charge in [0.2, 0.25) is 5.88 Å². The van der Waals surface area contributed by atoms with Crippen LogP contribution in [0.25, 0.3) is 5.69 Å². The molecule has 0 unspecified atom stereocenters. The molecule has 172 valence electrons. The second kappa shape index (κ2) is 8.99. The van der Waals surface area contributed by atoms with Crippen LogP contribution in [0.2, 0.25) is 0 Å². The van der Waals surface area contributed by atoms with Crippen molar-refractivity contribution >= 4 is 17.8 Å². The SMILES string of the molecule is CC(C)NC(=O)c1c(O)c(C(=O)NCC(=O)O)c(O)n(-c2ccc(C(F)(F)F)cc2)c1=O. The van der Waals surface area contributed by atoms with Crippen molar-refractivity contribution < 1.29 is 42.9 Å². The first-order valence-electron chi connectivity index (χ1n) is 8.95. The highest BCUT2D eigenvalue weighted by Gasteiger charge is 2.32. The molecular formula is C19H18F3N3O7. The maximum absolute atomic E-state index is 12.9. The lowest BCUT2D eigenvalue weighted by Gasteiger charge is -2.18. The Kier molecular flexibility index (Phi) is 6.81. The number of amides is 2. The van der Waals surface area contributed by atoms with Gasteiger partial charge >= 0.3 is 12.1 Å². The highest BCUT2D eigenvalue weighted by molar-refractivity contribution is 6.05. The largest absolute Gasteiger partial charge is 0.506 e. The molecule has 1 aromatic heterocycles. The topological polar surface area (TPSA) is 158 Å². The number of pyridine rings is 1. The van der Waals surface area contributed by atoms with Crippen molar-refractivity contribution in [2.75, 3.05) is 6.54 Å². The van der Waals surface area contributed by atoms with Crippen molar-refractivity contribution in [2.24, 2.45) is 0 Å². The molecule has 13 heteroatoms. The number of hydrogen-bond acceptors (Lipinski definition) is 6. The lowest BCUT2D eigenvalue weighted by Crippen LogP contribution is -2.38. The van der Waals surface area contributed by atoms with Gasteiger partial charge < -0.3 is 26.0 Å². The molecule has 0 radical (unpaired) electrons. The fourth-order valence-electron chi connectivity index (χ4n) is 2.68. The molecule has 0 fully saturated rings. The minimum atomic E-state index is -4.69. The van der Waals surface area contributed by atoms with Gasteiger partial charge in [-0.3, -0.25) is 19.2 Å². The lowest BCUT2D eigenvalue weighted by atomic mass is 10.1. The summed E-state index contributed by atoms with van der Waals surface area (Å²) < 4.78 is 38.9. The van der Waals surface area contributed by atoms with Crippen molar-refractivity contribution in [1.29, 1.82) is 0 Å². The van der Waals surface area contributed by atoms with Crippen LogP contribution < -0.4 is 16.2 Å². The molecule has 32 heavy (non-hydrogen) atoms. The van der Waals surface area contributed by atoms with Gasteiger partial charge in [-0.05, 0) is 38.1 Å². The molecule has 10 nitrogen and oxygen atoms in total. The van der Waals surface area contributed by atoms with E-state index in [1.54, 1.807) is 0 Å². The Hall–Kier alpha value is -4.03.